The summed E-state index contributed by atoms with van der Waals surface area (Å²) in [5.74, 6) is -0.00711. The van der Waals surface area contributed by atoms with Gasteiger partial charge in [-0.1, -0.05) is 35.3 Å². The van der Waals surface area contributed by atoms with E-state index in [-0.39, 0.29) is 6.54 Å². The first-order chi connectivity index (χ1) is 11.5. The minimum Gasteiger partial charge on any atom is -0.493 e. The lowest BCUT2D eigenvalue weighted by atomic mass is 10.2. The summed E-state index contributed by atoms with van der Waals surface area (Å²) in [6.45, 7) is 0.525. The van der Waals surface area contributed by atoms with Gasteiger partial charge in [0.1, 0.15) is 6.61 Å². The molecular weight excluding hydrogens is 353 g/mol. The van der Waals surface area contributed by atoms with Crippen molar-refractivity contribution in [1.29, 1.82) is 0 Å². The van der Waals surface area contributed by atoms with Gasteiger partial charge in [0.15, 0.2) is 11.5 Å². The van der Waals surface area contributed by atoms with E-state index in [4.69, 9.17) is 37.8 Å². The standard InChI is InChI=1S/C17H17Cl2NO4/c1-23-15-7-12(8-20-9-16(21)22)6-14(19)17(15)24-10-11-3-2-4-13(18)5-11/h2-7,20H,8-10H2,1H3,(H,21,22). The van der Waals surface area contributed by atoms with E-state index in [2.05, 4.69) is 5.32 Å². The van der Waals surface area contributed by atoms with Crippen LogP contribution in [0.15, 0.2) is 36.4 Å². The molecule has 0 bridgehead atoms. The van der Waals surface area contributed by atoms with Gasteiger partial charge in [0.2, 0.25) is 0 Å². The number of carboxylic acids is 1. The summed E-state index contributed by atoms with van der Waals surface area (Å²) in [4.78, 5) is 10.5. The third-order valence-corrected chi connectivity index (χ3v) is 3.68. The van der Waals surface area contributed by atoms with Gasteiger partial charge in [0.25, 0.3) is 0 Å². The van der Waals surface area contributed by atoms with Crippen molar-refractivity contribution in [1.82, 2.24) is 5.32 Å². The number of hydrogen-bond donors (Lipinski definition) is 2. The first kappa shape index (κ1) is 18.4. The zero-order chi connectivity index (χ0) is 17.5. The minimum atomic E-state index is -0.922. The van der Waals surface area contributed by atoms with Gasteiger partial charge in [-0.3, -0.25) is 4.79 Å². The van der Waals surface area contributed by atoms with Crippen molar-refractivity contribution in [2.24, 2.45) is 0 Å². The van der Waals surface area contributed by atoms with Crippen LogP contribution in [0.3, 0.4) is 0 Å². The molecule has 0 aliphatic rings. The van der Waals surface area contributed by atoms with Crippen LogP contribution in [0, 0.1) is 0 Å². The van der Waals surface area contributed by atoms with E-state index in [0.29, 0.717) is 34.7 Å². The number of nitrogens with one attached hydrogen (secondary N) is 1. The summed E-state index contributed by atoms with van der Waals surface area (Å²) < 4.78 is 11.1. The number of halogens is 2. The lowest BCUT2D eigenvalue weighted by Gasteiger charge is -2.14. The summed E-state index contributed by atoms with van der Waals surface area (Å²) in [6.07, 6.45) is 0. The number of rotatable bonds is 8. The molecule has 0 aliphatic heterocycles. The van der Waals surface area contributed by atoms with E-state index < -0.39 is 5.97 Å². The molecule has 0 unspecified atom stereocenters. The fourth-order valence-corrected chi connectivity index (χ4v) is 2.61. The zero-order valence-electron chi connectivity index (χ0n) is 13.0. The number of carbonyl (C=O) groups is 1. The number of aliphatic carboxylic acids is 1. The van der Waals surface area contributed by atoms with Crippen molar-refractivity contribution in [2.45, 2.75) is 13.2 Å². The van der Waals surface area contributed by atoms with Gasteiger partial charge in [0, 0.05) is 11.6 Å². The maximum absolute atomic E-state index is 10.5. The first-order valence-corrected chi connectivity index (χ1v) is 7.91. The Morgan fingerprint density at radius 2 is 2.00 bits per heavy atom. The molecule has 2 aromatic carbocycles. The average Bonchev–Trinajstić information content (AvgIpc) is 2.53. The van der Waals surface area contributed by atoms with Gasteiger partial charge in [-0.05, 0) is 35.4 Å². The van der Waals surface area contributed by atoms with Crippen LogP contribution in [-0.4, -0.2) is 24.7 Å². The van der Waals surface area contributed by atoms with Crippen molar-refractivity contribution in [3.05, 3.63) is 57.6 Å². The predicted octanol–water partition coefficient (Wildman–Crippen LogP) is 3.76. The number of carboxylic acid groups (broad SMARTS) is 1. The maximum atomic E-state index is 10.5. The largest absolute Gasteiger partial charge is 0.493 e. The molecule has 0 atom stereocenters. The van der Waals surface area contributed by atoms with Crippen molar-refractivity contribution >= 4 is 29.2 Å². The van der Waals surface area contributed by atoms with Gasteiger partial charge in [-0.2, -0.15) is 0 Å². The Morgan fingerprint density at radius 3 is 2.67 bits per heavy atom. The van der Waals surface area contributed by atoms with Crippen LogP contribution in [0.5, 0.6) is 11.5 Å². The molecule has 2 N–H and O–H groups in total. The molecule has 7 heteroatoms. The molecule has 2 rings (SSSR count). The van der Waals surface area contributed by atoms with Gasteiger partial charge in [-0.25, -0.2) is 0 Å². The van der Waals surface area contributed by atoms with Crippen LogP contribution < -0.4 is 14.8 Å². The lowest BCUT2D eigenvalue weighted by molar-refractivity contribution is -0.135. The van der Waals surface area contributed by atoms with E-state index in [1.807, 2.05) is 18.2 Å². The molecule has 24 heavy (non-hydrogen) atoms. The van der Waals surface area contributed by atoms with Gasteiger partial charge >= 0.3 is 5.97 Å². The van der Waals surface area contributed by atoms with E-state index in [1.54, 1.807) is 18.2 Å². The highest BCUT2D eigenvalue weighted by Crippen LogP contribution is 2.37. The molecule has 0 heterocycles. The fourth-order valence-electron chi connectivity index (χ4n) is 2.11. The number of methoxy groups -OCH3 is 1. The highest BCUT2D eigenvalue weighted by atomic mass is 35.5. The monoisotopic (exact) mass is 369 g/mol. The Balaban J connectivity index is 2.10. The quantitative estimate of drug-likeness (QED) is 0.741. The van der Waals surface area contributed by atoms with Crippen molar-refractivity contribution in [3.63, 3.8) is 0 Å². The highest BCUT2D eigenvalue weighted by Gasteiger charge is 2.12. The SMILES string of the molecule is COc1cc(CNCC(=O)O)cc(Cl)c1OCc1cccc(Cl)c1. The lowest BCUT2D eigenvalue weighted by Crippen LogP contribution is -2.21. The van der Waals surface area contributed by atoms with Gasteiger partial charge in [-0.15, -0.1) is 0 Å². The first-order valence-electron chi connectivity index (χ1n) is 7.15. The van der Waals surface area contributed by atoms with E-state index in [1.165, 1.54) is 7.11 Å². The molecule has 0 fully saturated rings. The molecule has 0 saturated heterocycles. The van der Waals surface area contributed by atoms with Crippen LogP contribution in [0.25, 0.3) is 0 Å². The number of benzene rings is 2. The average molecular weight is 370 g/mol. The van der Waals surface area contributed by atoms with Crippen LogP contribution in [0.1, 0.15) is 11.1 Å². The van der Waals surface area contributed by atoms with Crippen molar-refractivity contribution in [3.8, 4) is 11.5 Å². The summed E-state index contributed by atoms with van der Waals surface area (Å²) in [7, 11) is 1.52. The molecule has 0 aliphatic carbocycles. The second-order valence-corrected chi connectivity index (χ2v) is 5.87. The number of hydrogen-bond acceptors (Lipinski definition) is 4. The molecule has 0 radical (unpaired) electrons. The summed E-state index contributed by atoms with van der Waals surface area (Å²) >= 11 is 12.2. The Bertz CT molecular complexity index is 722. The molecule has 0 amide bonds. The normalized spacial score (nSPS) is 10.5. The fraction of sp³-hybridized carbons (Fsp3) is 0.235. The Labute approximate surface area is 150 Å². The van der Waals surface area contributed by atoms with Crippen LogP contribution in [-0.2, 0) is 17.9 Å². The van der Waals surface area contributed by atoms with E-state index >= 15 is 0 Å². The second kappa shape index (κ2) is 8.78. The molecular formula is C17H17Cl2NO4. The predicted molar refractivity (Wildman–Crippen MR) is 93.1 cm³/mol. The molecule has 2 aromatic rings. The van der Waals surface area contributed by atoms with Crippen molar-refractivity contribution in [2.75, 3.05) is 13.7 Å². The topological polar surface area (TPSA) is 67.8 Å². The number of ether oxygens (including phenoxy) is 2. The van der Waals surface area contributed by atoms with Crippen LogP contribution in [0.2, 0.25) is 10.0 Å². The van der Waals surface area contributed by atoms with Gasteiger partial charge < -0.3 is 19.9 Å². The van der Waals surface area contributed by atoms with E-state index in [9.17, 15) is 4.79 Å². The maximum Gasteiger partial charge on any atom is 0.317 e. The minimum absolute atomic E-state index is 0.132. The molecule has 0 aromatic heterocycles. The van der Waals surface area contributed by atoms with Crippen LogP contribution >= 0.6 is 23.2 Å². The zero-order valence-corrected chi connectivity index (χ0v) is 14.5. The van der Waals surface area contributed by atoms with Crippen LogP contribution in [0.4, 0.5) is 0 Å². The van der Waals surface area contributed by atoms with Crippen molar-refractivity contribution < 1.29 is 19.4 Å². The summed E-state index contributed by atoms with van der Waals surface area (Å²) in [6, 6.07) is 10.8. The third kappa shape index (κ3) is 5.30. The summed E-state index contributed by atoms with van der Waals surface area (Å²) in [5, 5.41) is 12.5. The van der Waals surface area contributed by atoms with Gasteiger partial charge in [0.05, 0.1) is 18.7 Å². The van der Waals surface area contributed by atoms with E-state index in [0.717, 1.165) is 11.1 Å². The second-order valence-electron chi connectivity index (χ2n) is 5.02. The third-order valence-electron chi connectivity index (χ3n) is 3.17. The Hall–Kier alpha value is -1.95. The summed E-state index contributed by atoms with van der Waals surface area (Å²) in [5.41, 5.74) is 1.71. The Morgan fingerprint density at radius 1 is 1.21 bits per heavy atom. The highest BCUT2D eigenvalue weighted by molar-refractivity contribution is 6.32. The molecule has 0 spiro atoms. The Kier molecular flexibility index (Phi) is 6.73. The molecule has 5 nitrogen and oxygen atoms in total. The smallest absolute Gasteiger partial charge is 0.317 e. The molecule has 0 saturated carbocycles. The molecule has 128 valence electrons.